The number of benzene rings is 1. The average Bonchev–Trinajstić information content (AvgIpc) is 2.39. The first-order valence-corrected chi connectivity index (χ1v) is 6.37. The highest BCUT2D eigenvalue weighted by atomic mass is 35.5. The normalized spacial score (nSPS) is 9.39. The van der Waals surface area contributed by atoms with E-state index in [2.05, 4.69) is 15.3 Å². The maximum absolute atomic E-state index is 6.00. The monoisotopic (exact) mass is 263 g/mol. The van der Waals surface area contributed by atoms with Gasteiger partial charge < -0.3 is 5.32 Å². The molecular weight excluding hydrogens is 246 g/mol. The summed E-state index contributed by atoms with van der Waals surface area (Å²) in [5.41, 5.74) is 2.53. The molecule has 0 saturated heterocycles. The molecule has 4 heteroatoms. The van der Waals surface area contributed by atoms with Crippen LogP contribution in [-0.4, -0.2) is 9.97 Å². The Kier molecular flexibility index (Phi) is 5.59. The lowest BCUT2D eigenvalue weighted by molar-refractivity contribution is 1.06. The highest BCUT2D eigenvalue weighted by molar-refractivity contribution is 6.31. The molecule has 0 saturated carbocycles. The van der Waals surface area contributed by atoms with Crippen LogP contribution in [0.1, 0.15) is 25.2 Å². The third-order valence-electron chi connectivity index (χ3n) is 2.21. The molecule has 0 amide bonds. The number of aryl methyl sites for hydroxylation is 2. The Morgan fingerprint density at radius 1 is 0.944 bits per heavy atom. The lowest BCUT2D eigenvalue weighted by atomic mass is 10.3. The molecule has 0 spiro atoms. The largest absolute Gasteiger partial charge is 0.324 e. The van der Waals surface area contributed by atoms with Gasteiger partial charge in [0.1, 0.15) is 0 Å². The fourth-order valence-corrected chi connectivity index (χ4v) is 1.49. The van der Waals surface area contributed by atoms with Crippen LogP contribution in [0.15, 0.2) is 30.3 Å². The first-order chi connectivity index (χ1) is 8.66. The number of halogens is 1. The summed E-state index contributed by atoms with van der Waals surface area (Å²) >= 11 is 6.00. The van der Waals surface area contributed by atoms with Crippen molar-refractivity contribution in [1.29, 1.82) is 0 Å². The van der Waals surface area contributed by atoms with Crippen molar-refractivity contribution in [3.8, 4) is 0 Å². The van der Waals surface area contributed by atoms with Crippen LogP contribution in [-0.2, 0) is 0 Å². The van der Waals surface area contributed by atoms with Gasteiger partial charge in [-0.2, -0.15) is 0 Å². The van der Waals surface area contributed by atoms with E-state index in [1.165, 1.54) is 0 Å². The summed E-state index contributed by atoms with van der Waals surface area (Å²) in [5, 5.41) is 3.76. The van der Waals surface area contributed by atoms with E-state index in [1.54, 1.807) is 0 Å². The van der Waals surface area contributed by atoms with Crippen LogP contribution in [0.2, 0.25) is 5.02 Å². The van der Waals surface area contributed by atoms with Gasteiger partial charge in [-0.3, -0.25) is 0 Å². The van der Waals surface area contributed by atoms with Crippen molar-refractivity contribution in [2.24, 2.45) is 0 Å². The molecule has 96 valence electrons. The molecule has 0 atom stereocenters. The fourth-order valence-electron chi connectivity index (χ4n) is 1.41. The van der Waals surface area contributed by atoms with E-state index in [0.717, 1.165) is 17.1 Å². The average molecular weight is 264 g/mol. The van der Waals surface area contributed by atoms with Gasteiger partial charge in [0.2, 0.25) is 5.95 Å². The molecule has 2 aromatic rings. The van der Waals surface area contributed by atoms with E-state index < -0.39 is 0 Å². The summed E-state index contributed by atoms with van der Waals surface area (Å²) in [6.45, 7) is 7.74. The van der Waals surface area contributed by atoms with Gasteiger partial charge in [-0.15, -0.1) is 0 Å². The third kappa shape index (κ3) is 3.70. The Balaban J connectivity index is 0.000000771. The molecule has 2 rings (SSSR count). The molecular formula is C14H18ClN3. The summed E-state index contributed by atoms with van der Waals surface area (Å²) in [6.07, 6.45) is 0. The van der Waals surface area contributed by atoms with Gasteiger partial charge in [0.25, 0.3) is 0 Å². The predicted octanol–water partition coefficient (Wildman–Crippen LogP) is 4.52. The second-order valence-corrected chi connectivity index (χ2v) is 3.90. The van der Waals surface area contributed by atoms with E-state index in [0.29, 0.717) is 11.0 Å². The number of aromatic nitrogens is 2. The topological polar surface area (TPSA) is 37.8 Å². The van der Waals surface area contributed by atoms with Crippen molar-refractivity contribution in [3.05, 3.63) is 46.7 Å². The molecule has 0 bridgehead atoms. The van der Waals surface area contributed by atoms with Gasteiger partial charge in [0, 0.05) is 5.69 Å². The van der Waals surface area contributed by atoms with Crippen LogP contribution in [0.5, 0.6) is 0 Å². The number of para-hydroxylation sites is 1. The molecule has 0 unspecified atom stereocenters. The minimum Gasteiger partial charge on any atom is -0.324 e. The van der Waals surface area contributed by atoms with Gasteiger partial charge in [-0.05, 0) is 26.0 Å². The molecule has 1 heterocycles. The number of nitrogens with one attached hydrogen (secondary N) is 1. The lowest BCUT2D eigenvalue weighted by Crippen LogP contribution is -2.00. The van der Waals surface area contributed by atoms with Gasteiger partial charge in [0.15, 0.2) is 0 Å². The Morgan fingerprint density at radius 3 is 1.94 bits per heavy atom. The van der Waals surface area contributed by atoms with Crippen molar-refractivity contribution >= 4 is 23.2 Å². The minimum absolute atomic E-state index is 0.575. The molecule has 0 radical (unpaired) electrons. The maximum atomic E-state index is 6.00. The number of anilines is 2. The molecule has 0 aliphatic heterocycles. The Morgan fingerprint density at radius 2 is 1.44 bits per heavy atom. The Labute approximate surface area is 113 Å². The van der Waals surface area contributed by atoms with E-state index in [1.807, 2.05) is 58.0 Å². The maximum Gasteiger partial charge on any atom is 0.227 e. The second kappa shape index (κ2) is 6.97. The molecule has 3 nitrogen and oxygen atoms in total. The van der Waals surface area contributed by atoms with E-state index >= 15 is 0 Å². The van der Waals surface area contributed by atoms with E-state index in [-0.39, 0.29) is 0 Å². The lowest BCUT2D eigenvalue weighted by Gasteiger charge is -2.07. The van der Waals surface area contributed by atoms with E-state index in [4.69, 9.17) is 11.6 Å². The van der Waals surface area contributed by atoms with Crippen LogP contribution in [0, 0.1) is 13.8 Å². The molecule has 1 N–H and O–H groups in total. The first-order valence-electron chi connectivity index (χ1n) is 5.99. The highest BCUT2D eigenvalue weighted by Crippen LogP contribution is 2.20. The zero-order valence-electron chi connectivity index (χ0n) is 11.2. The number of rotatable bonds is 2. The van der Waals surface area contributed by atoms with Crippen LogP contribution in [0.4, 0.5) is 11.6 Å². The molecule has 1 aromatic carbocycles. The van der Waals surface area contributed by atoms with Crippen LogP contribution >= 0.6 is 11.6 Å². The van der Waals surface area contributed by atoms with Crippen LogP contribution < -0.4 is 5.32 Å². The number of hydrogen-bond acceptors (Lipinski definition) is 3. The summed E-state index contributed by atoms with van der Waals surface area (Å²) in [5.74, 6) is 0.575. The standard InChI is InChI=1S/C12H12ClN3.C2H6/c1-8-11(13)9(2)15-12(14-8)16-10-6-4-3-5-7-10;1-2/h3-7H,1-2H3,(H,14,15,16);1-2H3. The quantitative estimate of drug-likeness (QED) is 0.866. The zero-order chi connectivity index (χ0) is 13.5. The van der Waals surface area contributed by atoms with Crippen molar-refractivity contribution < 1.29 is 0 Å². The highest BCUT2D eigenvalue weighted by Gasteiger charge is 2.05. The molecule has 0 fully saturated rings. The van der Waals surface area contributed by atoms with Gasteiger partial charge in [0.05, 0.1) is 16.4 Å². The van der Waals surface area contributed by atoms with Gasteiger partial charge >= 0.3 is 0 Å². The fraction of sp³-hybridized carbons (Fsp3) is 0.286. The molecule has 0 aliphatic carbocycles. The third-order valence-corrected chi connectivity index (χ3v) is 2.76. The van der Waals surface area contributed by atoms with Crippen LogP contribution in [0.25, 0.3) is 0 Å². The summed E-state index contributed by atoms with van der Waals surface area (Å²) in [7, 11) is 0. The van der Waals surface area contributed by atoms with Crippen molar-refractivity contribution in [3.63, 3.8) is 0 Å². The molecule has 0 aliphatic rings. The van der Waals surface area contributed by atoms with Crippen LogP contribution in [0.3, 0.4) is 0 Å². The van der Waals surface area contributed by atoms with Crippen molar-refractivity contribution in [2.75, 3.05) is 5.32 Å². The Hall–Kier alpha value is -1.61. The van der Waals surface area contributed by atoms with Gasteiger partial charge in [-0.25, -0.2) is 9.97 Å². The van der Waals surface area contributed by atoms with Gasteiger partial charge in [-0.1, -0.05) is 43.6 Å². The second-order valence-electron chi connectivity index (χ2n) is 3.52. The van der Waals surface area contributed by atoms with Crippen molar-refractivity contribution in [2.45, 2.75) is 27.7 Å². The predicted molar refractivity (Wildman–Crippen MR) is 77.6 cm³/mol. The summed E-state index contributed by atoms with van der Waals surface area (Å²) < 4.78 is 0. The summed E-state index contributed by atoms with van der Waals surface area (Å²) in [6, 6.07) is 9.80. The number of hydrogen-bond donors (Lipinski definition) is 1. The van der Waals surface area contributed by atoms with E-state index in [9.17, 15) is 0 Å². The van der Waals surface area contributed by atoms with Crippen molar-refractivity contribution in [1.82, 2.24) is 9.97 Å². The smallest absolute Gasteiger partial charge is 0.227 e. The molecule has 1 aromatic heterocycles. The zero-order valence-corrected chi connectivity index (χ0v) is 11.9. The SMILES string of the molecule is CC.Cc1nc(Nc2ccccc2)nc(C)c1Cl. The minimum atomic E-state index is 0.575. The summed E-state index contributed by atoms with van der Waals surface area (Å²) in [4.78, 5) is 8.55. The Bertz CT molecular complexity index is 475. The molecule has 18 heavy (non-hydrogen) atoms. The first kappa shape index (κ1) is 14.5. The number of nitrogens with zero attached hydrogens (tertiary/aromatic N) is 2.